The maximum Gasteiger partial charge on any atom is 0.308 e. The van der Waals surface area contributed by atoms with E-state index in [1.165, 1.54) is 7.11 Å². The lowest BCUT2D eigenvalue weighted by Crippen LogP contribution is -2.36. The molecule has 1 N–H and O–H groups in total. The molecule has 260 valence electrons. The van der Waals surface area contributed by atoms with Crippen LogP contribution in [0.15, 0.2) is 59.3 Å². The molecule has 2 aromatic carbocycles. The minimum atomic E-state index is -2.84. The van der Waals surface area contributed by atoms with Gasteiger partial charge >= 0.3 is 5.97 Å². The lowest BCUT2D eigenvalue weighted by Gasteiger charge is -2.33. The zero-order valence-corrected chi connectivity index (χ0v) is 30.1. The second kappa shape index (κ2) is 15.1. The molecule has 0 aliphatic heterocycles. The maximum absolute atomic E-state index is 13.7. The van der Waals surface area contributed by atoms with Crippen LogP contribution in [0.5, 0.6) is 5.88 Å². The number of anilines is 2. The Morgan fingerprint density at radius 3 is 2.36 bits per heavy atom. The molecule has 1 saturated carbocycles. The van der Waals surface area contributed by atoms with E-state index < -0.39 is 12.2 Å². The molecule has 1 fully saturated rings. The van der Waals surface area contributed by atoms with Gasteiger partial charge in [-0.25, -0.2) is 28.7 Å². The van der Waals surface area contributed by atoms with Gasteiger partial charge in [0.1, 0.15) is 11.2 Å². The van der Waals surface area contributed by atoms with E-state index in [-0.39, 0.29) is 17.7 Å². The molecule has 3 aromatic heterocycles. The Labute approximate surface area is 297 Å². The molecular formula is C37H38BrF2N7O3. The van der Waals surface area contributed by atoms with Crippen molar-refractivity contribution in [3.8, 4) is 28.3 Å². The molecule has 1 aliphatic rings. The number of esters is 1. The number of pyridine rings is 1. The van der Waals surface area contributed by atoms with Crippen molar-refractivity contribution in [1.82, 2.24) is 29.8 Å². The van der Waals surface area contributed by atoms with Crippen LogP contribution in [0.2, 0.25) is 0 Å². The third-order valence-electron chi connectivity index (χ3n) is 9.46. The third-order valence-corrected chi connectivity index (χ3v) is 9.89. The van der Waals surface area contributed by atoms with Gasteiger partial charge in [-0.3, -0.25) is 14.7 Å². The van der Waals surface area contributed by atoms with E-state index in [0.717, 1.165) is 59.2 Å². The van der Waals surface area contributed by atoms with Crippen LogP contribution >= 0.6 is 15.9 Å². The molecule has 0 bridgehead atoms. The first kappa shape index (κ1) is 35.2. The second-order valence-electron chi connectivity index (χ2n) is 12.5. The Morgan fingerprint density at radius 1 is 0.960 bits per heavy atom. The molecule has 6 rings (SSSR count). The van der Waals surface area contributed by atoms with Crippen LogP contribution in [0.25, 0.3) is 33.4 Å². The highest BCUT2D eigenvalue weighted by molar-refractivity contribution is 9.10. The third kappa shape index (κ3) is 7.29. The van der Waals surface area contributed by atoms with E-state index in [1.807, 2.05) is 50.2 Å². The highest BCUT2D eigenvalue weighted by atomic mass is 79.9. The van der Waals surface area contributed by atoms with Crippen molar-refractivity contribution in [2.75, 3.05) is 26.6 Å². The lowest BCUT2D eigenvalue weighted by molar-refractivity contribution is -0.146. The molecule has 0 radical (unpaired) electrons. The summed E-state index contributed by atoms with van der Waals surface area (Å²) in [4.78, 5) is 36.4. The summed E-state index contributed by atoms with van der Waals surface area (Å²) in [5.74, 6) is -0.0637. The number of nitrogens with zero attached hydrogens (tertiary/aromatic N) is 6. The van der Waals surface area contributed by atoms with E-state index >= 15 is 0 Å². The minimum Gasteiger partial charge on any atom is -0.480 e. The smallest absolute Gasteiger partial charge is 0.308 e. The first-order valence-corrected chi connectivity index (χ1v) is 17.1. The molecule has 0 spiro atoms. The number of hydrogen-bond acceptors (Lipinski definition) is 10. The fourth-order valence-electron chi connectivity index (χ4n) is 6.68. The number of hydrogen-bond donors (Lipinski definition) is 1. The molecule has 13 heteroatoms. The molecule has 0 unspecified atom stereocenters. The number of benzene rings is 2. The Morgan fingerprint density at radius 2 is 1.66 bits per heavy atom. The largest absolute Gasteiger partial charge is 0.480 e. The fourth-order valence-corrected chi connectivity index (χ4v) is 6.99. The summed E-state index contributed by atoms with van der Waals surface area (Å²) >= 11 is 3.34. The van der Waals surface area contributed by atoms with Gasteiger partial charge in [-0.05, 0) is 96.9 Å². The van der Waals surface area contributed by atoms with Crippen LogP contribution < -0.4 is 10.1 Å². The summed E-state index contributed by atoms with van der Waals surface area (Å²) in [5, 5.41) is 3.25. The topological polar surface area (TPSA) is 115 Å². The van der Waals surface area contributed by atoms with Crippen molar-refractivity contribution in [2.24, 2.45) is 5.92 Å². The van der Waals surface area contributed by atoms with Gasteiger partial charge in [-0.2, -0.15) is 0 Å². The van der Waals surface area contributed by atoms with Crippen LogP contribution in [0.4, 0.5) is 20.3 Å². The van der Waals surface area contributed by atoms with Gasteiger partial charge in [0.2, 0.25) is 5.88 Å². The first-order chi connectivity index (χ1) is 24.1. The van der Waals surface area contributed by atoms with Crippen LogP contribution in [0.1, 0.15) is 54.8 Å². The van der Waals surface area contributed by atoms with Gasteiger partial charge in [0, 0.05) is 34.5 Å². The Kier molecular flexibility index (Phi) is 10.6. The molecule has 0 atom stereocenters. The van der Waals surface area contributed by atoms with Crippen molar-refractivity contribution in [1.29, 1.82) is 0 Å². The molecule has 50 heavy (non-hydrogen) atoms. The Hall–Kier alpha value is -4.62. The quantitative estimate of drug-likeness (QED) is 0.140. The van der Waals surface area contributed by atoms with E-state index in [2.05, 4.69) is 48.1 Å². The fraction of sp³-hybridized carbons (Fsp3) is 0.351. The average molecular weight is 747 g/mol. The van der Waals surface area contributed by atoms with Crippen molar-refractivity contribution in [3.05, 3.63) is 82.0 Å². The highest BCUT2D eigenvalue weighted by Gasteiger charge is 2.29. The standard InChI is InChI=1S/C37H38BrF2N7O3/c1-20-25(26-9-7-11-28(21(26)2)43-34-32-29(16-23(38)17-42-32)44-35(46-34)33(39)40)8-6-10-27(20)30-18-41-31(36(45-30)49-4)19-47(3)24-14-12-22(13-15-24)37(48)50-5/h6-11,16-18,22,24,33H,12-15,19H2,1-5H3,(H,43,44,46). The lowest BCUT2D eigenvalue weighted by atomic mass is 9.85. The van der Waals surface area contributed by atoms with E-state index in [0.29, 0.717) is 45.4 Å². The predicted octanol–water partition coefficient (Wildman–Crippen LogP) is 8.38. The van der Waals surface area contributed by atoms with Crippen molar-refractivity contribution in [2.45, 2.75) is 58.5 Å². The number of fused-ring (bicyclic) bond motifs is 1. The van der Waals surface area contributed by atoms with E-state index in [9.17, 15) is 13.6 Å². The average Bonchev–Trinajstić information content (AvgIpc) is 3.12. The van der Waals surface area contributed by atoms with E-state index in [1.54, 1.807) is 25.6 Å². The summed E-state index contributed by atoms with van der Waals surface area (Å²) < 4.78 is 38.8. The van der Waals surface area contributed by atoms with E-state index in [4.69, 9.17) is 19.4 Å². The van der Waals surface area contributed by atoms with Gasteiger partial charge in [-0.1, -0.05) is 30.3 Å². The number of alkyl halides is 2. The van der Waals surface area contributed by atoms with Gasteiger partial charge in [0.15, 0.2) is 11.6 Å². The zero-order valence-electron chi connectivity index (χ0n) is 28.5. The van der Waals surface area contributed by atoms with Gasteiger partial charge in [0.25, 0.3) is 6.43 Å². The van der Waals surface area contributed by atoms with Crippen LogP contribution in [-0.4, -0.2) is 63.1 Å². The van der Waals surface area contributed by atoms with Crippen molar-refractivity contribution < 1.29 is 23.0 Å². The van der Waals surface area contributed by atoms with Crippen molar-refractivity contribution >= 4 is 44.4 Å². The number of ether oxygens (including phenoxy) is 2. The number of carbonyl (C=O) groups is 1. The predicted molar refractivity (Wildman–Crippen MR) is 191 cm³/mol. The van der Waals surface area contributed by atoms with Crippen LogP contribution in [-0.2, 0) is 16.1 Å². The minimum absolute atomic E-state index is 0.0279. The van der Waals surface area contributed by atoms with Gasteiger partial charge in [0.05, 0.1) is 37.5 Å². The number of rotatable bonds is 10. The number of aromatic nitrogens is 5. The first-order valence-electron chi connectivity index (χ1n) is 16.3. The number of carbonyl (C=O) groups excluding carboxylic acids is 1. The number of nitrogens with one attached hydrogen (secondary N) is 1. The summed E-state index contributed by atoms with van der Waals surface area (Å²) in [6.45, 7) is 4.58. The zero-order chi connectivity index (χ0) is 35.5. The summed E-state index contributed by atoms with van der Waals surface area (Å²) in [6, 6.07) is 13.8. The molecular weight excluding hydrogens is 708 g/mol. The monoisotopic (exact) mass is 745 g/mol. The highest BCUT2D eigenvalue weighted by Crippen LogP contribution is 2.37. The molecule has 5 aromatic rings. The van der Waals surface area contributed by atoms with Crippen molar-refractivity contribution in [3.63, 3.8) is 0 Å². The second-order valence-corrected chi connectivity index (χ2v) is 13.4. The molecule has 0 amide bonds. The molecule has 0 saturated heterocycles. The summed E-state index contributed by atoms with van der Waals surface area (Å²) in [5.41, 5.74) is 7.56. The Balaban J connectivity index is 1.26. The van der Waals surface area contributed by atoms with Crippen LogP contribution in [0, 0.1) is 19.8 Å². The summed E-state index contributed by atoms with van der Waals surface area (Å²) in [6.07, 6.45) is 3.96. The molecule has 1 aliphatic carbocycles. The Bertz CT molecular complexity index is 2040. The van der Waals surface area contributed by atoms with Gasteiger partial charge < -0.3 is 14.8 Å². The SMILES string of the molecule is COC(=O)C1CCC(N(C)Cc2ncc(-c3cccc(-c4cccc(Nc5nc(C(F)F)nc6cc(Br)cnc56)c4C)c3C)nc2OC)CC1. The maximum atomic E-state index is 13.7. The van der Waals surface area contributed by atoms with Gasteiger partial charge in [-0.15, -0.1) is 0 Å². The molecule has 10 nitrogen and oxygen atoms in total. The number of methoxy groups -OCH3 is 2. The summed E-state index contributed by atoms with van der Waals surface area (Å²) in [7, 11) is 5.11. The molecule has 3 heterocycles. The van der Waals surface area contributed by atoms with Crippen LogP contribution in [0.3, 0.4) is 0 Å². The normalized spacial score (nSPS) is 16.2. The number of halogens is 3.